The van der Waals surface area contributed by atoms with Crippen molar-refractivity contribution < 1.29 is 9.18 Å². The molecule has 0 bridgehead atoms. The number of hydrogen-bond donors (Lipinski definition) is 1. The van der Waals surface area contributed by atoms with Gasteiger partial charge in [0, 0.05) is 12.3 Å². The van der Waals surface area contributed by atoms with Crippen molar-refractivity contribution >= 4 is 40.9 Å². The quantitative estimate of drug-likeness (QED) is 0.343. The molecule has 1 atom stereocenters. The minimum Gasteiger partial charge on any atom is -0.342 e. The van der Waals surface area contributed by atoms with Gasteiger partial charge in [-0.3, -0.25) is 4.79 Å². The Bertz CT molecular complexity index is 1070. The maximum absolute atomic E-state index is 13.9. The highest BCUT2D eigenvalue weighted by molar-refractivity contribution is 7.98. The normalized spacial score (nSPS) is 11.9. The van der Waals surface area contributed by atoms with Gasteiger partial charge in [0.25, 0.3) is 5.91 Å². The van der Waals surface area contributed by atoms with Crippen molar-refractivity contribution in [1.82, 2.24) is 20.1 Å². The van der Waals surface area contributed by atoms with Crippen molar-refractivity contribution in [2.75, 3.05) is 0 Å². The fourth-order valence-corrected chi connectivity index (χ4v) is 4.01. The van der Waals surface area contributed by atoms with Crippen LogP contribution in [0.15, 0.2) is 60.3 Å². The third-order valence-electron chi connectivity index (χ3n) is 4.26. The van der Waals surface area contributed by atoms with E-state index in [0.717, 1.165) is 5.56 Å². The molecular weight excluding hydrogens is 446 g/mol. The van der Waals surface area contributed by atoms with Gasteiger partial charge in [-0.25, -0.2) is 4.39 Å². The molecule has 1 heterocycles. The van der Waals surface area contributed by atoms with E-state index in [1.807, 2.05) is 16.7 Å². The van der Waals surface area contributed by atoms with Gasteiger partial charge in [-0.15, -0.1) is 16.8 Å². The van der Waals surface area contributed by atoms with Crippen LogP contribution in [0.2, 0.25) is 10.0 Å². The second-order valence-corrected chi connectivity index (χ2v) is 8.21. The number of carbonyl (C=O) groups excluding carboxylic acids is 1. The molecular formula is C21H19Cl2FN4OS. The standard InChI is InChI=1S/C21H19Cl2FN4OS/c1-3-10-28-19(13(2)25-20(29)15-6-4-5-7-18(15)24)26-27-21(28)30-12-14-8-9-16(22)17(23)11-14/h3-9,11,13H,1,10,12H2,2H3,(H,25,29). The molecule has 3 aromatic rings. The van der Waals surface area contributed by atoms with Crippen molar-refractivity contribution in [3.63, 3.8) is 0 Å². The zero-order chi connectivity index (χ0) is 21.7. The third-order valence-corrected chi connectivity index (χ3v) is 6.04. The number of thioether (sulfide) groups is 1. The summed E-state index contributed by atoms with van der Waals surface area (Å²) in [7, 11) is 0. The zero-order valence-corrected chi connectivity index (χ0v) is 18.4. The van der Waals surface area contributed by atoms with Gasteiger partial charge in [0.1, 0.15) is 5.82 Å². The molecule has 0 aliphatic heterocycles. The van der Waals surface area contributed by atoms with Gasteiger partial charge >= 0.3 is 0 Å². The van der Waals surface area contributed by atoms with Crippen LogP contribution in [0.25, 0.3) is 0 Å². The first kappa shape index (κ1) is 22.3. The molecule has 0 radical (unpaired) electrons. The fraction of sp³-hybridized carbons (Fsp3) is 0.190. The van der Waals surface area contributed by atoms with Crippen LogP contribution in [0.3, 0.4) is 0 Å². The highest BCUT2D eigenvalue weighted by Gasteiger charge is 2.21. The summed E-state index contributed by atoms with van der Waals surface area (Å²) in [6, 6.07) is 10.8. The Labute approximate surface area is 188 Å². The lowest BCUT2D eigenvalue weighted by Gasteiger charge is -2.15. The van der Waals surface area contributed by atoms with Gasteiger partial charge in [0.05, 0.1) is 21.7 Å². The second kappa shape index (κ2) is 10.1. The first-order valence-corrected chi connectivity index (χ1v) is 10.8. The van der Waals surface area contributed by atoms with E-state index in [1.54, 1.807) is 25.1 Å². The van der Waals surface area contributed by atoms with E-state index in [0.29, 0.717) is 33.3 Å². The number of hydrogen-bond acceptors (Lipinski definition) is 4. The van der Waals surface area contributed by atoms with Crippen LogP contribution in [0, 0.1) is 5.82 Å². The first-order valence-electron chi connectivity index (χ1n) is 9.06. The monoisotopic (exact) mass is 464 g/mol. The van der Waals surface area contributed by atoms with Crippen molar-refractivity contribution in [2.24, 2.45) is 0 Å². The predicted molar refractivity (Wildman–Crippen MR) is 119 cm³/mol. The number of benzene rings is 2. The van der Waals surface area contributed by atoms with Crippen molar-refractivity contribution in [3.8, 4) is 0 Å². The number of allylic oxidation sites excluding steroid dienone is 1. The molecule has 1 N–H and O–H groups in total. The largest absolute Gasteiger partial charge is 0.342 e. The SMILES string of the molecule is C=CCn1c(SCc2ccc(Cl)c(Cl)c2)nnc1C(C)NC(=O)c1ccccc1F. The highest BCUT2D eigenvalue weighted by atomic mass is 35.5. The van der Waals surface area contributed by atoms with Gasteiger partial charge in [0.15, 0.2) is 11.0 Å². The van der Waals surface area contributed by atoms with Crippen LogP contribution in [0.1, 0.15) is 34.7 Å². The summed E-state index contributed by atoms with van der Waals surface area (Å²) in [6.45, 7) is 6.02. The van der Waals surface area contributed by atoms with E-state index in [4.69, 9.17) is 23.2 Å². The van der Waals surface area contributed by atoms with Crippen LogP contribution >= 0.6 is 35.0 Å². The summed E-state index contributed by atoms with van der Waals surface area (Å²) in [5.41, 5.74) is 0.971. The second-order valence-electron chi connectivity index (χ2n) is 6.45. The molecule has 1 amide bonds. The van der Waals surface area contributed by atoms with Crippen LogP contribution in [-0.2, 0) is 12.3 Å². The Morgan fingerprint density at radius 3 is 2.73 bits per heavy atom. The summed E-state index contributed by atoms with van der Waals surface area (Å²) < 4.78 is 15.7. The molecule has 0 spiro atoms. The summed E-state index contributed by atoms with van der Waals surface area (Å²) in [4.78, 5) is 12.4. The maximum Gasteiger partial charge on any atom is 0.254 e. The molecule has 1 unspecified atom stereocenters. The maximum atomic E-state index is 13.9. The number of halogens is 3. The Morgan fingerprint density at radius 2 is 2.03 bits per heavy atom. The molecule has 0 saturated heterocycles. The zero-order valence-electron chi connectivity index (χ0n) is 16.1. The average Bonchev–Trinajstić information content (AvgIpc) is 3.12. The number of nitrogens with zero attached hydrogens (tertiary/aromatic N) is 3. The molecule has 30 heavy (non-hydrogen) atoms. The number of nitrogens with one attached hydrogen (secondary N) is 1. The molecule has 0 aliphatic rings. The smallest absolute Gasteiger partial charge is 0.254 e. The van der Waals surface area contributed by atoms with E-state index in [2.05, 4.69) is 22.1 Å². The lowest BCUT2D eigenvalue weighted by atomic mass is 10.2. The van der Waals surface area contributed by atoms with E-state index in [1.165, 1.54) is 30.0 Å². The van der Waals surface area contributed by atoms with Crippen molar-refractivity contribution in [3.05, 3.63) is 87.9 Å². The number of amides is 1. The lowest BCUT2D eigenvalue weighted by Crippen LogP contribution is -2.29. The van der Waals surface area contributed by atoms with Crippen molar-refractivity contribution in [1.29, 1.82) is 0 Å². The fourth-order valence-electron chi connectivity index (χ4n) is 2.79. The number of aromatic nitrogens is 3. The van der Waals surface area contributed by atoms with Gasteiger partial charge in [-0.05, 0) is 36.8 Å². The number of carbonyl (C=O) groups is 1. The summed E-state index contributed by atoms with van der Waals surface area (Å²) >= 11 is 13.5. The van der Waals surface area contributed by atoms with Crippen LogP contribution < -0.4 is 5.32 Å². The molecule has 0 saturated carbocycles. The van der Waals surface area contributed by atoms with Gasteiger partial charge < -0.3 is 9.88 Å². The Kier molecular flexibility index (Phi) is 7.53. The summed E-state index contributed by atoms with van der Waals surface area (Å²) in [5, 5.41) is 12.9. The predicted octanol–water partition coefficient (Wildman–Crippen LogP) is 5.69. The summed E-state index contributed by atoms with van der Waals surface area (Å²) in [6.07, 6.45) is 1.72. The van der Waals surface area contributed by atoms with Gasteiger partial charge in [0.2, 0.25) is 0 Å². The Hall–Kier alpha value is -2.35. The highest BCUT2D eigenvalue weighted by Crippen LogP contribution is 2.28. The molecule has 5 nitrogen and oxygen atoms in total. The minimum atomic E-state index is -0.576. The molecule has 0 fully saturated rings. The molecule has 1 aromatic heterocycles. The van der Waals surface area contributed by atoms with Gasteiger partial charge in [-0.2, -0.15) is 0 Å². The van der Waals surface area contributed by atoms with Crippen LogP contribution in [0.4, 0.5) is 4.39 Å². The molecule has 9 heteroatoms. The van der Waals surface area contributed by atoms with Crippen LogP contribution in [-0.4, -0.2) is 20.7 Å². The summed E-state index contributed by atoms with van der Waals surface area (Å²) in [5.74, 6) is 0.0740. The topological polar surface area (TPSA) is 59.8 Å². The van der Waals surface area contributed by atoms with Gasteiger partial charge in [-0.1, -0.05) is 59.2 Å². The van der Waals surface area contributed by atoms with E-state index in [9.17, 15) is 9.18 Å². The molecule has 0 aliphatic carbocycles. The first-order chi connectivity index (χ1) is 14.4. The van der Waals surface area contributed by atoms with E-state index >= 15 is 0 Å². The minimum absolute atomic E-state index is 0.0200. The lowest BCUT2D eigenvalue weighted by molar-refractivity contribution is 0.0933. The Morgan fingerprint density at radius 1 is 1.27 bits per heavy atom. The van der Waals surface area contributed by atoms with Crippen LogP contribution in [0.5, 0.6) is 0 Å². The Balaban J connectivity index is 1.75. The molecule has 2 aromatic carbocycles. The van der Waals surface area contributed by atoms with Crippen molar-refractivity contribution in [2.45, 2.75) is 30.4 Å². The molecule has 156 valence electrons. The number of rotatable bonds is 8. The van der Waals surface area contributed by atoms with E-state index < -0.39 is 17.8 Å². The third kappa shape index (κ3) is 5.22. The average molecular weight is 465 g/mol. The van der Waals surface area contributed by atoms with E-state index in [-0.39, 0.29) is 5.56 Å². The molecule has 3 rings (SSSR count).